The zero-order chi connectivity index (χ0) is 11.7. The molecule has 18 heavy (non-hydrogen) atoms. The average Bonchev–Trinajstić information content (AvgIpc) is 2.94. The van der Waals surface area contributed by atoms with Crippen LogP contribution >= 0.6 is 23.7 Å². The molecule has 1 saturated heterocycles. The predicted molar refractivity (Wildman–Crippen MR) is 76.1 cm³/mol. The van der Waals surface area contributed by atoms with Crippen LogP contribution in [0.2, 0.25) is 0 Å². The molecule has 1 aliphatic rings. The molecular formula is C13H16ClFN2S. The van der Waals surface area contributed by atoms with Crippen LogP contribution in [0.3, 0.4) is 0 Å². The van der Waals surface area contributed by atoms with Crippen LogP contribution in [0.1, 0.15) is 17.8 Å². The van der Waals surface area contributed by atoms with Gasteiger partial charge in [0.25, 0.3) is 0 Å². The molecule has 0 radical (unpaired) electrons. The lowest BCUT2D eigenvalue weighted by atomic mass is 10.0. The zero-order valence-corrected chi connectivity index (χ0v) is 11.6. The lowest BCUT2D eigenvalue weighted by Crippen LogP contribution is -2.09. The van der Waals surface area contributed by atoms with E-state index in [9.17, 15) is 4.39 Å². The number of fused-ring (bicyclic) bond motifs is 1. The van der Waals surface area contributed by atoms with Gasteiger partial charge in [0.2, 0.25) is 0 Å². The van der Waals surface area contributed by atoms with Crippen molar-refractivity contribution in [2.24, 2.45) is 5.92 Å². The molecule has 1 N–H and O–H groups in total. The molecule has 3 rings (SSSR count). The number of hydrogen-bond acceptors (Lipinski definition) is 3. The maximum Gasteiger partial charge on any atom is 0.124 e. The summed E-state index contributed by atoms with van der Waals surface area (Å²) in [5.41, 5.74) is 0.927. The van der Waals surface area contributed by atoms with Gasteiger partial charge in [0.05, 0.1) is 15.2 Å². The first-order valence-corrected chi connectivity index (χ1v) is 6.88. The van der Waals surface area contributed by atoms with Crippen LogP contribution in [0, 0.1) is 11.7 Å². The van der Waals surface area contributed by atoms with Crippen molar-refractivity contribution in [1.82, 2.24) is 10.3 Å². The van der Waals surface area contributed by atoms with Crippen LogP contribution in [0.4, 0.5) is 4.39 Å². The van der Waals surface area contributed by atoms with Crippen LogP contribution in [0.15, 0.2) is 18.2 Å². The van der Waals surface area contributed by atoms with Crippen molar-refractivity contribution in [1.29, 1.82) is 0 Å². The van der Waals surface area contributed by atoms with Gasteiger partial charge >= 0.3 is 0 Å². The summed E-state index contributed by atoms with van der Waals surface area (Å²) in [5, 5.41) is 4.51. The van der Waals surface area contributed by atoms with Crippen molar-refractivity contribution in [2.75, 3.05) is 13.1 Å². The quantitative estimate of drug-likeness (QED) is 0.935. The highest BCUT2D eigenvalue weighted by Crippen LogP contribution is 2.25. The SMILES string of the molecule is Cl.Fc1ccc2nc(CC[C@@H]3CCNC3)sc2c1. The summed E-state index contributed by atoms with van der Waals surface area (Å²) < 4.78 is 14.0. The van der Waals surface area contributed by atoms with E-state index in [1.54, 1.807) is 23.5 Å². The fourth-order valence-corrected chi connectivity index (χ4v) is 3.35. The summed E-state index contributed by atoms with van der Waals surface area (Å²) >= 11 is 1.62. The molecular weight excluding hydrogens is 271 g/mol. The molecule has 1 aromatic carbocycles. The Balaban J connectivity index is 0.00000120. The van der Waals surface area contributed by atoms with E-state index < -0.39 is 0 Å². The molecule has 0 bridgehead atoms. The number of halogens is 2. The highest BCUT2D eigenvalue weighted by Gasteiger charge is 2.15. The van der Waals surface area contributed by atoms with Gasteiger partial charge < -0.3 is 5.32 Å². The van der Waals surface area contributed by atoms with E-state index in [1.807, 2.05) is 0 Å². The van der Waals surface area contributed by atoms with Crippen molar-refractivity contribution >= 4 is 34.0 Å². The van der Waals surface area contributed by atoms with E-state index in [2.05, 4.69) is 10.3 Å². The number of nitrogens with one attached hydrogen (secondary N) is 1. The smallest absolute Gasteiger partial charge is 0.124 e. The third kappa shape index (κ3) is 2.99. The van der Waals surface area contributed by atoms with E-state index in [1.165, 1.54) is 18.9 Å². The van der Waals surface area contributed by atoms with Crippen LogP contribution in [0.25, 0.3) is 10.2 Å². The van der Waals surface area contributed by atoms with Gasteiger partial charge in [-0.2, -0.15) is 0 Å². The summed E-state index contributed by atoms with van der Waals surface area (Å²) in [6.45, 7) is 2.29. The highest BCUT2D eigenvalue weighted by atomic mass is 35.5. The highest BCUT2D eigenvalue weighted by molar-refractivity contribution is 7.18. The van der Waals surface area contributed by atoms with Gasteiger partial charge in [-0.15, -0.1) is 23.7 Å². The molecule has 1 atom stereocenters. The standard InChI is InChI=1S/C13H15FN2S.ClH/c14-10-2-3-11-12(7-10)17-13(16-11)4-1-9-5-6-15-8-9;/h2-3,7,9,15H,1,4-6,8H2;1H/t9-;/m1./s1. The maximum atomic E-state index is 13.0. The number of nitrogens with zero attached hydrogens (tertiary/aromatic N) is 1. The summed E-state index contributed by atoms with van der Waals surface area (Å²) in [6.07, 6.45) is 3.49. The molecule has 1 aliphatic heterocycles. The Hall–Kier alpha value is -0.710. The second-order valence-corrected chi connectivity index (χ2v) is 5.73. The first-order chi connectivity index (χ1) is 8.31. The van der Waals surface area contributed by atoms with Gasteiger partial charge in [-0.05, 0) is 56.5 Å². The van der Waals surface area contributed by atoms with Crippen molar-refractivity contribution < 1.29 is 4.39 Å². The molecule has 5 heteroatoms. The van der Waals surface area contributed by atoms with Crippen LogP contribution < -0.4 is 5.32 Å². The van der Waals surface area contributed by atoms with E-state index >= 15 is 0 Å². The summed E-state index contributed by atoms with van der Waals surface area (Å²) in [4.78, 5) is 4.55. The van der Waals surface area contributed by atoms with Crippen molar-refractivity contribution in [3.63, 3.8) is 0 Å². The minimum atomic E-state index is -0.173. The first kappa shape index (κ1) is 13.7. The monoisotopic (exact) mass is 286 g/mol. The Morgan fingerprint density at radius 1 is 1.44 bits per heavy atom. The number of aromatic nitrogens is 1. The number of hydrogen-bond donors (Lipinski definition) is 1. The maximum absolute atomic E-state index is 13.0. The molecule has 0 spiro atoms. The molecule has 1 fully saturated rings. The van der Waals surface area contributed by atoms with Crippen molar-refractivity contribution in [3.05, 3.63) is 29.0 Å². The summed E-state index contributed by atoms with van der Waals surface area (Å²) in [6, 6.07) is 4.82. The van der Waals surface area contributed by atoms with Crippen molar-refractivity contribution in [2.45, 2.75) is 19.3 Å². The Kier molecular flexibility index (Phi) is 4.54. The second kappa shape index (κ2) is 5.95. The van der Waals surface area contributed by atoms with Gasteiger partial charge in [0, 0.05) is 0 Å². The largest absolute Gasteiger partial charge is 0.316 e. The zero-order valence-electron chi connectivity index (χ0n) is 9.99. The first-order valence-electron chi connectivity index (χ1n) is 6.07. The van der Waals surface area contributed by atoms with Gasteiger partial charge in [0.1, 0.15) is 5.82 Å². The molecule has 0 aliphatic carbocycles. The molecule has 98 valence electrons. The topological polar surface area (TPSA) is 24.9 Å². The van der Waals surface area contributed by atoms with E-state index in [4.69, 9.17) is 0 Å². The van der Waals surface area contributed by atoms with Crippen molar-refractivity contribution in [3.8, 4) is 0 Å². The Bertz CT molecular complexity index is 523. The van der Waals surface area contributed by atoms with E-state index in [0.29, 0.717) is 0 Å². The number of benzene rings is 1. The number of thiazole rings is 1. The Morgan fingerprint density at radius 2 is 2.33 bits per heavy atom. The lowest BCUT2D eigenvalue weighted by molar-refractivity contribution is 0.532. The molecule has 0 amide bonds. The molecule has 2 aromatic rings. The van der Waals surface area contributed by atoms with Crippen LogP contribution in [-0.4, -0.2) is 18.1 Å². The number of aryl methyl sites for hydroxylation is 1. The summed E-state index contributed by atoms with van der Waals surface area (Å²) in [5.74, 6) is 0.617. The van der Waals surface area contributed by atoms with Gasteiger partial charge in [-0.1, -0.05) is 0 Å². The van der Waals surface area contributed by atoms with Crippen LogP contribution in [0.5, 0.6) is 0 Å². The van der Waals surface area contributed by atoms with E-state index in [-0.39, 0.29) is 18.2 Å². The normalized spacial score (nSPS) is 19.1. The fourth-order valence-electron chi connectivity index (χ4n) is 2.34. The molecule has 0 unspecified atom stereocenters. The third-order valence-electron chi connectivity index (χ3n) is 3.32. The molecule has 0 saturated carbocycles. The molecule has 1 aromatic heterocycles. The molecule has 2 heterocycles. The minimum Gasteiger partial charge on any atom is -0.316 e. The van der Waals surface area contributed by atoms with Gasteiger partial charge in [0.15, 0.2) is 0 Å². The van der Waals surface area contributed by atoms with Crippen LogP contribution in [-0.2, 0) is 6.42 Å². The minimum absolute atomic E-state index is 0. The lowest BCUT2D eigenvalue weighted by Gasteiger charge is -2.04. The third-order valence-corrected chi connectivity index (χ3v) is 4.40. The van der Waals surface area contributed by atoms with E-state index in [0.717, 1.165) is 40.7 Å². The van der Waals surface area contributed by atoms with Gasteiger partial charge in [-0.25, -0.2) is 9.37 Å². The summed E-state index contributed by atoms with van der Waals surface area (Å²) in [7, 11) is 0. The number of rotatable bonds is 3. The molecule has 2 nitrogen and oxygen atoms in total. The van der Waals surface area contributed by atoms with Gasteiger partial charge in [-0.3, -0.25) is 0 Å². The Labute approximate surface area is 116 Å². The average molecular weight is 287 g/mol. The fraction of sp³-hybridized carbons (Fsp3) is 0.462. The predicted octanol–water partition coefficient (Wildman–Crippen LogP) is 3.40. The Morgan fingerprint density at radius 3 is 3.11 bits per heavy atom. The second-order valence-electron chi connectivity index (χ2n) is 4.62.